The predicted octanol–water partition coefficient (Wildman–Crippen LogP) is 9.57. The molecule has 2 N–H and O–H groups in total. The van der Waals surface area contributed by atoms with Crippen molar-refractivity contribution in [2.45, 2.75) is 0 Å². The van der Waals surface area contributed by atoms with Gasteiger partial charge in [0, 0.05) is 39.9 Å². The number of para-hydroxylation sites is 2. The number of rotatable bonds is 7. The van der Waals surface area contributed by atoms with Gasteiger partial charge in [-0.3, -0.25) is 4.98 Å². The summed E-state index contributed by atoms with van der Waals surface area (Å²) >= 11 is 0. The van der Waals surface area contributed by atoms with Crippen molar-refractivity contribution >= 4 is 22.7 Å². The summed E-state index contributed by atoms with van der Waals surface area (Å²) in [7, 11) is 0. The number of hydrogen-bond acceptors (Lipinski definition) is 3. The third-order valence-corrected chi connectivity index (χ3v) is 6.52. The lowest BCUT2D eigenvalue weighted by Gasteiger charge is -2.16. The van der Waals surface area contributed by atoms with Gasteiger partial charge < -0.3 is 10.6 Å². The van der Waals surface area contributed by atoms with Crippen LogP contribution in [-0.4, -0.2) is 4.98 Å². The van der Waals surface area contributed by atoms with E-state index in [-0.39, 0.29) is 0 Å². The fourth-order valence-corrected chi connectivity index (χ4v) is 4.65. The molecule has 0 saturated carbocycles. The van der Waals surface area contributed by atoms with Gasteiger partial charge in [-0.25, -0.2) is 0 Å². The van der Waals surface area contributed by atoms with E-state index in [1.807, 2.05) is 42.7 Å². The zero-order chi connectivity index (χ0) is 25.6. The standard InChI is InChI=1S/C35H27N3/c1-4-12-26(13-5-1)32-18-10-11-19-34(32)38-31-22-29(24-36-25-31)28-20-21-35(37-30-16-8-3-9-17-30)33(23-28)27-14-6-2-7-15-27/h1-25,37-38H. The van der Waals surface area contributed by atoms with E-state index in [1.165, 1.54) is 5.56 Å². The maximum Gasteiger partial charge on any atom is 0.0577 e. The number of anilines is 4. The first-order chi connectivity index (χ1) is 18.8. The fourth-order valence-electron chi connectivity index (χ4n) is 4.65. The van der Waals surface area contributed by atoms with Crippen LogP contribution in [0.3, 0.4) is 0 Å². The molecule has 5 aromatic carbocycles. The maximum atomic E-state index is 4.57. The highest BCUT2D eigenvalue weighted by atomic mass is 14.9. The molecule has 0 unspecified atom stereocenters. The Morgan fingerprint density at radius 2 is 0.947 bits per heavy atom. The molecule has 0 aliphatic carbocycles. The van der Waals surface area contributed by atoms with E-state index in [4.69, 9.17) is 0 Å². The van der Waals surface area contributed by atoms with Crippen molar-refractivity contribution in [3.05, 3.63) is 152 Å². The molecule has 0 saturated heterocycles. The van der Waals surface area contributed by atoms with Crippen LogP contribution in [-0.2, 0) is 0 Å². The Bertz CT molecular complexity index is 1650. The van der Waals surface area contributed by atoms with Crippen molar-refractivity contribution in [2.75, 3.05) is 10.6 Å². The first-order valence-electron chi connectivity index (χ1n) is 12.7. The summed E-state index contributed by atoms with van der Waals surface area (Å²) in [5.41, 5.74) is 10.9. The van der Waals surface area contributed by atoms with Crippen molar-refractivity contribution in [2.24, 2.45) is 0 Å². The topological polar surface area (TPSA) is 37.0 Å². The highest BCUT2D eigenvalue weighted by Gasteiger charge is 2.10. The molecule has 6 aromatic rings. The molecular weight excluding hydrogens is 462 g/mol. The second-order valence-electron chi connectivity index (χ2n) is 9.12. The summed E-state index contributed by atoms with van der Waals surface area (Å²) in [6, 6.07) is 48.2. The van der Waals surface area contributed by atoms with Gasteiger partial charge in [0.15, 0.2) is 0 Å². The van der Waals surface area contributed by atoms with E-state index in [0.29, 0.717) is 0 Å². The quantitative estimate of drug-likeness (QED) is 0.234. The number of nitrogens with one attached hydrogen (secondary N) is 2. The highest BCUT2D eigenvalue weighted by molar-refractivity contribution is 5.86. The van der Waals surface area contributed by atoms with Gasteiger partial charge in [-0.2, -0.15) is 0 Å². The molecule has 0 atom stereocenters. The van der Waals surface area contributed by atoms with Gasteiger partial charge in [0.1, 0.15) is 0 Å². The lowest BCUT2D eigenvalue weighted by Crippen LogP contribution is -1.96. The van der Waals surface area contributed by atoms with Crippen LogP contribution >= 0.6 is 0 Å². The molecule has 1 heterocycles. The van der Waals surface area contributed by atoms with Gasteiger partial charge in [-0.15, -0.1) is 0 Å². The van der Waals surface area contributed by atoms with Crippen molar-refractivity contribution in [1.82, 2.24) is 4.98 Å². The van der Waals surface area contributed by atoms with Crippen LogP contribution in [0, 0.1) is 0 Å². The summed E-state index contributed by atoms with van der Waals surface area (Å²) in [4.78, 5) is 4.57. The lowest BCUT2D eigenvalue weighted by atomic mass is 9.97. The average molecular weight is 490 g/mol. The predicted molar refractivity (Wildman–Crippen MR) is 160 cm³/mol. The van der Waals surface area contributed by atoms with Gasteiger partial charge >= 0.3 is 0 Å². The number of benzene rings is 5. The third kappa shape index (κ3) is 5.18. The summed E-state index contributed by atoms with van der Waals surface area (Å²) in [5, 5.41) is 7.18. The van der Waals surface area contributed by atoms with Gasteiger partial charge in [-0.05, 0) is 53.1 Å². The van der Waals surface area contributed by atoms with E-state index >= 15 is 0 Å². The van der Waals surface area contributed by atoms with E-state index in [0.717, 1.165) is 50.6 Å². The SMILES string of the molecule is c1ccc(Nc2ccc(-c3cncc(Nc4ccccc4-c4ccccc4)c3)cc2-c2ccccc2)cc1. The molecule has 0 radical (unpaired) electrons. The Balaban J connectivity index is 1.35. The molecule has 0 fully saturated rings. The molecule has 1 aromatic heterocycles. The molecular formula is C35H27N3. The molecule has 0 amide bonds. The minimum Gasteiger partial charge on any atom is -0.355 e. The van der Waals surface area contributed by atoms with Crippen LogP contribution in [0.1, 0.15) is 0 Å². The Kier molecular flexibility index (Phi) is 6.64. The third-order valence-electron chi connectivity index (χ3n) is 6.52. The first kappa shape index (κ1) is 23.3. The van der Waals surface area contributed by atoms with Crippen LogP contribution in [0.4, 0.5) is 22.7 Å². The molecule has 3 nitrogen and oxygen atoms in total. The molecule has 0 bridgehead atoms. The molecule has 0 aliphatic rings. The molecule has 0 spiro atoms. The van der Waals surface area contributed by atoms with Crippen LogP contribution in [0.15, 0.2) is 152 Å². The smallest absolute Gasteiger partial charge is 0.0577 e. The minimum atomic E-state index is 0.943. The second-order valence-corrected chi connectivity index (χ2v) is 9.12. The normalized spacial score (nSPS) is 10.6. The van der Waals surface area contributed by atoms with Gasteiger partial charge in [0.25, 0.3) is 0 Å². The van der Waals surface area contributed by atoms with Crippen LogP contribution in [0.25, 0.3) is 33.4 Å². The van der Waals surface area contributed by atoms with Gasteiger partial charge in [-0.1, -0.05) is 103 Å². The summed E-state index contributed by atoms with van der Waals surface area (Å²) < 4.78 is 0. The van der Waals surface area contributed by atoms with Crippen molar-refractivity contribution < 1.29 is 0 Å². The van der Waals surface area contributed by atoms with E-state index < -0.39 is 0 Å². The zero-order valence-electron chi connectivity index (χ0n) is 20.9. The fraction of sp³-hybridized carbons (Fsp3) is 0. The second kappa shape index (κ2) is 10.9. The Morgan fingerprint density at radius 3 is 1.68 bits per heavy atom. The number of aromatic nitrogens is 1. The number of pyridine rings is 1. The van der Waals surface area contributed by atoms with E-state index in [2.05, 4.69) is 125 Å². The number of nitrogens with zero attached hydrogens (tertiary/aromatic N) is 1. The largest absolute Gasteiger partial charge is 0.355 e. The molecule has 0 aliphatic heterocycles. The van der Waals surface area contributed by atoms with E-state index in [1.54, 1.807) is 0 Å². The Morgan fingerprint density at radius 1 is 0.368 bits per heavy atom. The Hall–Kier alpha value is -5.15. The summed E-state index contributed by atoms with van der Waals surface area (Å²) in [6.07, 6.45) is 3.79. The summed E-state index contributed by atoms with van der Waals surface area (Å²) in [5.74, 6) is 0. The van der Waals surface area contributed by atoms with Crippen LogP contribution in [0.2, 0.25) is 0 Å². The Labute approximate surface area is 223 Å². The average Bonchev–Trinajstić information content (AvgIpc) is 2.99. The minimum absolute atomic E-state index is 0.943. The van der Waals surface area contributed by atoms with Crippen molar-refractivity contribution in [1.29, 1.82) is 0 Å². The van der Waals surface area contributed by atoms with Crippen molar-refractivity contribution in [3.8, 4) is 33.4 Å². The van der Waals surface area contributed by atoms with Crippen LogP contribution in [0.5, 0.6) is 0 Å². The van der Waals surface area contributed by atoms with E-state index in [9.17, 15) is 0 Å². The van der Waals surface area contributed by atoms with Gasteiger partial charge in [0.05, 0.1) is 11.9 Å². The maximum absolute atomic E-state index is 4.57. The van der Waals surface area contributed by atoms with Gasteiger partial charge in [0.2, 0.25) is 0 Å². The molecule has 38 heavy (non-hydrogen) atoms. The summed E-state index contributed by atoms with van der Waals surface area (Å²) in [6.45, 7) is 0. The molecule has 182 valence electrons. The lowest BCUT2D eigenvalue weighted by molar-refractivity contribution is 1.32. The zero-order valence-corrected chi connectivity index (χ0v) is 20.9. The van der Waals surface area contributed by atoms with Crippen molar-refractivity contribution in [3.63, 3.8) is 0 Å². The monoisotopic (exact) mass is 489 g/mol. The molecule has 6 rings (SSSR count). The number of hydrogen-bond donors (Lipinski definition) is 2. The highest BCUT2D eigenvalue weighted by Crippen LogP contribution is 2.36. The van der Waals surface area contributed by atoms with Crippen LogP contribution < -0.4 is 10.6 Å². The first-order valence-corrected chi connectivity index (χ1v) is 12.7. The molecule has 3 heteroatoms.